The molecular weight excluding hydrogens is 219 g/mol. The fraction of sp³-hybridized carbons (Fsp3) is 0.273. The number of hydrogen-bond donors (Lipinski definition) is 0. The maximum atomic E-state index is 12.4. The number of carbonyl (C=O) groups excluding carboxylic acids is 1. The van der Waals surface area contributed by atoms with Crippen molar-refractivity contribution in [1.82, 2.24) is 0 Å². The Kier molecular flexibility index (Phi) is 2.33. The van der Waals surface area contributed by atoms with Gasteiger partial charge in [0.1, 0.15) is 0 Å². The Morgan fingerprint density at radius 2 is 2.06 bits per heavy atom. The molecule has 0 bridgehead atoms. The van der Waals surface area contributed by atoms with Gasteiger partial charge in [0, 0.05) is 17.3 Å². The lowest BCUT2D eigenvalue weighted by Gasteiger charge is -2.20. The van der Waals surface area contributed by atoms with Gasteiger partial charge >= 0.3 is 6.18 Å². The van der Waals surface area contributed by atoms with Crippen molar-refractivity contribution in [2.45, 2.75) is 13.1 Å². The van der Waals surface area contributed by atoms with Crippen LogP contribution in [0.15, 0.2) is 40.6 Å². The number of alkyl halides is 3. The molecule has 0 fully saturated rings. The summed E-state index contributed by atoms with van der Waals surface area (Å²) < 4.78 is 37.3. The third kappa shape index (κ3) is 1.85. The van der Waals surface area contributed by atoms with E-state index in [1.807, 2.05) is 0 Å². The van der Waals surface area contributed by atoms with E-state index < -0.39 is 17.9 Å². The molecule has 0 amide bonds. The van der Waals surface area contributed by atoms with Gasteiger partial charge in [-0.25, -0.2) is 0 Å². The van der Waals surface area contributed by atoms with Crippen molar-refractivity contribution in [3.8, 4) is 0 Å². The topological polar surface area (TPSA) is 29.4 Å². The Hall–Kier alpha value is -1.65. The summed E-state index contributed by atoms with van der Waals surface area (Å²) in [5.41, 5.74) is 0.855. The van der Waals surface area contributed by atoms with Crippen LogP contribution in [0.3, 0.4) is 0 Å². The van der Waals surface area contributed by atoms with Crippen LogP contribution in [0.4, 0.5) is 13.2 Å². The number of rotatable bonds is 0. The first kappa shape index (κ1) is 10.9. The summed E-state index contributed by atoms with van der Waals surface area (Å²) in [6.07, 6.45) is 0.0631. The third-order valence-corrected chi connectivity index (χ3v) is 2.36. The van der Waals surface area contributed by atoms with Gasteiger partial charge in [-0.05, 0) is 13.0 Å². The summed E-state index contributed by atoms with van der Waals surface area (Å²) in [7, 11) is 0. The Labute approximate surface area is 89.9 Å². The van der Waals surface area contributed by atoms with E-state index >= 15 is 0 Å². The Bertz CT molecular complexity index is 466. The highest BCUT2D eigenvalue weighted by molar-refractivity contribution is 6.31. The summed E-state index contributed by atoms with van der Waals surface area (Å²) in [5.74, 6) is -2.11. The number of ketones is 1. The molecule has 1 heterocycles. The molecule has 0 N–H and O–H groups in total. The van der Waals surface area contributed by atoms with Crippen molar-refractivity contribution >= 4 is 11.5 Å². The molecule has 16 heavy (non-hydrogen) atoms. The summed E-state index contributed by atoms with van der Waals surface area (Å²) in [5, 5.41) is 0. The van der Waals surface area contributed by atoms with Crippen molar-refractivity contribution < 1.29 is 18.0 Å². The van der Waals surface area contributed by atoms with Crippen molar-refractivity contribution in [3.05, 3.63) is 35.6 Å². The molecular formula is C11H8F3NO. The van der Waals surface area contributed by atoms with E-state index in [9.17, 15) is 18.0 Å². The summed E-state index contributed by atoms with van der Waals surface area (Å²) >= 11 is 0. The number of aliphatic imine (C=N–C) groups is 1. The Morgan fingerprint density at radius 3 is 2.69 bits per heavy atom. The lowest BCUT2D eigenvalue weighted by atomic mass is 9.91. The smallest absolute Gasteiger partial charge is 0.289 e. The minimum absolute atomic E-state index is 0.0374. The largest absolute Gasteiger partial charge is 0.398 e. The normalized spacial score (nSPS) is 24.6. The average molecular weight is 227 g/mol. The average Bonchev–Trinajstić information content (AvgIpc) is 2.15. The van der Waals surface area contributed by atoms with Crippen molar-refractivity contribution in [2.24, 2.45) is 10.9 Å². The molecule has 0 aromatic heterocycles. The summed E-state index contributed by atoms with van der Waals surface area (Å²) in [6.45, 7) is 1.63. The van der Waals surface area contributed by atoms with Gasteiger partial charge in [0.2, 0.25) is 0 Å². The highest BCUT2D eigenvalue weighted by atomic mass is 19.4. The van der Waals surface area contributed by atoms with Crippen LogP contribution in [-0.4, -0.2) is 17.7 Å². The maximum absolute atomic E-state index is 12.4. The van der Waals surface area contributed by atoms with Gasteiger partial charge < -0.3 is 0 Å². The van der Waals surface area contributed by atoms with Gasteiger partial charge in [-0.3, -0.25) is 9.79 Å². The van der Waals surface area contributed by atoms with Crippen LogP contribution in [0.5, 0.6) is 0 Å². The van der Waals surface area contributed by atoms with Gasteiger partial charge in [-0.15, -0.1) is 0 Å². The first-order valence-corrected chi connectivity index (χ1v) is 4.66. The zero-order valence-corrected chi connectivity index (χ0v) is 8.38. The second-order valence-corrected chi connectivity index (χ2v) is 3.65. The molecule has 1 unspecified atom stereocenters. The summed E-state index contributed by atoms with van der Waals surface area (Å²) in [6, 6.07) is 0. The second-order valence-electron chi connectivity index (χ2n) is 3.65. The standard InChI is InChI=1S/C11H8F3NO/c1-6-4-10(16)8-5-7(11(12,13)14)2-3-9(8)15-6/h2-5,7H,1H3. The monoisotopic (exact) mass is 227 g/mol. The molecule has 0 saturated heterocycles. The second kappa shape index (κ2) is 3.43. The number of nitrogens with zero attached hydrogens (tertiary/aromatic N) is 1. The van der Waals surface area contributed by atoms with E-state index in [-0.39, 0.29) is 5.57 Å². The molecule has 1 aliphatic carbocycles. The fourth-order valence-electron chi connectivity index (χ4n) is 1.60. The van der Waals surface area contributed by atoms with Crippen LogP contribution < -0.4 is 0 Å². The van der Waals surface area contributed by atoms with Crippen LogP contribution in [0, 0.1) is 5.92 Å². The zero-order valence-electron chi connectivity index (χ0n) is 8.38. The number of hydrogen-bond acceptors (Lipinski definition) is 2. The van der Waals surface area contributed by atoms with Crippen LogP contribution >= 0.6 is 0 Å². The minimum Gasteiger partial charge on any atom is -0.289 e. The highest BCUT2D eigenvalue weighted by Crippen LogP contribution is 2.33. The van der Waals surface area contributed by atoms with Gasteiger partial charge in [0.25, 0.3) is 0 Å². The number of fused-ring (bicyclic) bond motifs is 1. The molecule has 0 radical (unpaired) electrons. The molecule has 0 spiro atoms. The first-order chi connectivity index (χ1) is 7.38. The minimum atomic E-state index is -4.36. The molecule has 1 atom stereocenters. The highest BCUT2D eigenvalue weighted by Gasteiger charge is 2.39. The van der Waals surface area contributed by atoms with E-state index in [1.54, 1.807) is 6.92 Å². The number of allylic oxidation sites excluding steroid dienone is 6. The lowest BCUT2D eigenvalue weighted by molar-refractivity contribution is -0.149. The molecule has 2 rings (SSSR count). The van der Waals surface area contributed by atoms with Gasteiger partial charge in [0.15, 0.2) is 5.78 Å². The van der Waals surface area contributed by atoms with E-state index in [2.05, 4.69) is 4.99 Å². The fourth-order valence-corrected chi connectivity index (χ4v) is 1.60. The lowest BCUT2D eigenvalue weighted by Crippen LogP contribution is -2.26. The quantitative estimate of drug-likeness (QED) is 0.625. The van der Waals surface area contributed by atoms with E-state index in [4.69, 9.17) is 0 Å². The van der Waals surface area contributed by atoms with Crippen molar-refractivity contribution in [1.29, 1.82) is 0 Å². The third-order valence-electron chi connectivity index (χ3n) is 2.36. The van der Waals surface area contributed by atoms with Gasteiger partial charge in [-0.1, -0.05) is 12.2 Å². The van der Waals surface area contributed by atoms with Gasteiger partial charge in [0.05, 0.1) is 11.6 Å². The number of carbonyl (C=O) groups is 1. The Balaban J connectivity index is 2.40. The Morgan fingerprint density at radius 1 is 1.38 bits per heavy atom. The van der Waals surface area contributed by atoms with Crippen LogP contribution in [-0.2, 0) is 4.79 Å². The van der Waals surface area contributed by atoms with E-state index in [0.717, 1.165) is 12.2 Å². The van der Waals surface area contributed by atoms with Crippen LogP contribution in [0.2, 0.25) is 0 Å². The molecule has 0 aromatic rings. The van der Waals surface area contributed by atoms with Crippen molar-refractivity contribution in [2.75, 3.05) is 0 Å². The van der Waals surface area contributed by atoms with Gasteiger partial charge in [-0.2, -0.15) is 13.2 Å². The molecule has 0 saturated carbocycles. The first-order valence-electron chi connectivity index (χ1n) is 4.66. The molecule has 84 valence electrons. The molecule has 0 aromatic carbocycles. The van der Waals surface area contributed by atoms with Crippen molar-refractivity contribution in [3.63, 3.8) is 0 Å². The predicted molar refractivity (Wildman–Crippen MR) is 53.0 cm³/mol. The van der Waals surface area contributed by atoms with Crippen LogP contribution in [0.25, 0.3) is 0 Å². The maximum Gasteiger partial charge on any atom is 0.398 e. The number of halogens is 3. The molecule has 1 aliphatic heterocycles. The summed E-state index contributed by atoms with van der Waals surface area (Å²) in [4.78, 5) is 15.5. The molecule has 2 aliphatic rings. The van der Waals surface area contributed by atoms with E-state index in [0.29, 0.717) is 11.4 Å². The molecule has 2 nitrogen and oxygen atoms in total. The van der Waals surface area contributed by atoms with Crippen LogP contribution in [0.1, 0.15) is 6.92 Å². The molecule has 5 heteroatoms. The zero-order chi connectivity index (χ0) is 11.9. The predicted octanol–water partition coefficient (Wildman–Crippen LogP) is 2.59. The SMILES string of the molecule is CC1=CC(=O)C2=CC(C(F)(F)F)C=CC2=N1. The van der Waals surface area contributed by atoms with E-state index in [1.165, 1.54) is 12.2 Å².